The minimum atomic E-state index is 0. The van der Waals surface area contributed by atoms with Crippen molar-refractivity contribution >= 4 is 18.3 Å². The van der Waals surface area contributed by atoms with Crippen LogP contribution in [0.1, 0.15) is 25.0 Å². The smallest absolute Gasteiger partial charge is 0.224 e. The number of carbonyl (C=O) groups excluding carboxylic acids is 1. The molecule has 0 aliphatic rings. The van der Waals surface area contributed by atoms with Gasteiger partial charge in [0.1, 0.15) is 0 Å². The molecule has 1 amide bonds. The Morgan fingerprint density at radius 3 is 2.28 bits per heavy atom. The first-order valence-corrected chi connectivity index (χ1v) is 6.16. The number of benzene rings is 1. The fourth-order valence-electron chi connectivity index (χ4n) is 1.72. The molecule has 0 saturated carbocycles. The first-order chi connectivity index (χ1) is 8.11. The lowest BCUT2D eigenvalue weighted by molar-refractivity contribution is -0.120. The summed E-state index contributed by atoms with van der Waals surface area (Å²) in [6.45, 7) is 5.44. The molecule has 0 bridgehead atoms. The van der Waals surface area contributed by atoms with Crippen LogP contribution in [0.5, 0.6) is 0 Å². The molecule has 0 radical (unpaired) electrons. The Balaban J connectivity index is 0.00000289. The fourth-order valence-corrected chi connectivity index (χ4v) is 1.72. The van der Waals surface area contributed by atoms with E-state index in [4.69, 9.17) is 5.73 Å². The van der Waals surface area contributed by atoms with Gasteiger partial charge in [-0.15, -0.1) is 12.4 Å². The van der Waals surface area contributed by atoms with Crippen LogP contribution >= 0.6 is 12.4 Å². The summed E-state index contributed by atoms with van der Waals surface area (Å²) in [6.07, 6.45) is 1.52. The van der Waals surface area contributed by atoms with Gasteiger partial charge in [0.2, 0.25) is 5.91 Å². The molecule has 4 heteroatoms. The maximum atomic E-state index is 11.5. The number of nitrogens with two attached hydrogens (primary N) is 1. The molecular formula is C14H23ClN2O. The van der Waals surface area contributed by atoms with E-state index in [2.05, 4.69) is 31.3 Å². The number of halogens is 1. The third-order valence-corrected chi connectivity index (χ3v) is 2.50. The normalized spacial score (nSPS) is 10.0. The van der Waals surface area contributed by atoms with Gasteiger partial charge >= 0.3 is 0 Å². The second-order valence-corrected chi connectivity index (χ2v) is 4.73. The molecule has 1 aromatic carbocycles. The average Bonchev–Trinajstić information content (AvgIpc) is 2.28. The Kier molecular flexibility index (Phi) is 8.42. The molecule has 0 atom stereocenters. The number of hydrogen-bond acceptors (Lipinski definition) is 2. The molecule has 0 aliphatic carbocycles. The average molecular weight is 271 g/mol. The third-order valence-electron chi connectivity index (χ3n) is 2.50. The van der Waals surface area contributed by atoms with Crippen molar-refractivity contribution in [3.63, 3.8) is 0 Å². The van der Waals surface area contributed by atoms with Crippen LogP contribution in [0.15, 0.2) is 24.3 Å². The zero-order valence-corrected chi connectivity index (χ0v) is 11.9. The minimum absolute atomic E-state index is 0. The van der Waals surface area contributed by atoms with Crippen LogP contribution in [0, 0.1) is 5.92 Å². The lowest BCUT2D eigenvalue weighted by atomic mass is 10.0. The van der Waals surface area contributed by atoms with Gasteiger partial charge in [0.05, 0.1) is 6.42 Å². The maximum absolute atomic E-state index is 11.5. The Hall–Kier alpha value is -1.06. The van der Waals surface area contributed by atoms with E-state index in [9.17, 15) is 4.79 Å². The first-order valence-electron chi connectivity index (χ1n) is 6.16. The fraction of sp³-hybridized carbons (Fsp3) is 0.500. The van der Waals surface area contributed by atoms with Crippen molar-refractivity contribution in [2.45, 2.75) is 26.7 Å². The number of rotatable bonds is 6. The van der Waals surface area contributed by atoms with E-state index in [0.29, 0.717) is 25.4 Å². The second kappa shape index (κ2) is 8.95. The Morgan fingerprint density at radius 1 is 1.22 bits per heavy atom. The van der Waals surface area contributed by atoms with Crippen molar-refractivity contribution in [1.29, 1.82) is 0 Å². The van der Waals surface area contributed by atoms with Crippen LogP contribution in [0.25, 0.3) is 0 Å². The lowest BCUT2D eigenvalue weighted by Crippen LogP contribution is -2.30. The zero-order chi connectivity index (χ0) is 12.7. The molecule has 3 nitrogen and oxygen atoms in total. The number of amides is 1. The van der Waals surface area contributed by atoms with Crippen molar-refractivity contribution < 1.29 is 4.79 Å². The molecule has 0 unspecified atom stereocenters. The summed E-state index contributed by atoms with van der Waals surface area (Å²) < 4.78 is 0. The summed E-state index contributed by atoms with van der Waals surface area (Å²) in [4.78, 5) is 11.5. The van der Waals surface area contributed by atoms with Gasteiger partial charge in [-0.25, -0.2) is 0 Å². The first kappa shape index (κ1) is 16.9. The standard InChI is InChI=1S/C14H22N2O.ClH/c1-11(2)9-12-3-5-13(6-4-12)10-14(17)16-8-7-15;/h3-6,11H,7-10,15H2,1-2H3,(H,16,17);1H. The van der Waals surface area contributed by atoms with Crippen LogP contribution in [0.4, 0.5) is 0 Å². The van der Waals surface area contributed by atoms with E-state index >= 15 is 0 Å². The van der Waals surface area contributed by atoms with Gasteiger partial charge in [0.15, 0.2) is 0 Å². The van der Waals surface area contributed by atoms with Crippen LogP contribution in [0.2, 0.25) is 0 Å². The molecule has 0 heterocycles. The van der Waals surface area contributed by atoms with Gasteiger partial charge in [-0.3, -0.25) is 4.79 Å². The predicted octanol–water partition coefficient (Wildman–Crippen LogP) is 1.92. The second-order valence-electron chi connectivity index (χ2n) is 4.73. The summed E-state index contributed by atoms with van der Waals surface area (Å²) in [5, 5.41) is 2.76. The van der Waals surface area contributed by atoms with E-state index < -0.39 is 0 Å². The topological polar surface area (TPSA) is 55.1 Å². The largest absolute Gasteiger partial charge is 0.355 e. The molecule has 1 aromatic rings. The SMILES string of the molecule is CC(C)Cc1ccc(CC(=O)NCCN)cc1.Cl. The van der Waals surface area contributed by atoms with Gasteiger partial charge < -0.3 is 11.1 Å². The van der Waals surface area contributed by atoms with Gasteiger partial charge in [0.25, 0.3) is 0 Å². The molecule has 0 fully saturated rings. The Labute approximate surface area is 116 Å². The van der Waals surface area contributed by atoms with E-state index in [-0.39, 0.29) is 18.3 Å². The Morgan fingerprint density at radius 2 is 1.78 bits per heavy atom. The number of nitrogens with one attached hydrogen (secondary N) is 1. The predicted molar refractivity (Wildman–Crippen MR) is 78.0 cm³/mol. The van der Waals surface area contributed by atoms with Crippen molar-refractivity contribution in [2.75, 3.05) is 13.1 Å². The summed E-state index contributed by atoms with van der Waals surface area (Å²) in [7, 11) is 0. The zero-order valence-electron chi connectivity index (χ0n) is 11.1. The third kappa shape index (κ3) is 6.62. The van der Waals surface area contributed by atoms with Crippen molar-refractivity contribution in [3.05, 3.63) is 35.4 Å². The molecule has 102 valence electrons. The van der Waals surface area contributed by atoms with E-state index in [1.807, 2.05) is 12.1 Å². The van der Waals surface area contributed by atoms with Gasteiger partial charge in [-0.2, -0.15) is 0 Å². The van der Waals surface area contributed by atoms with Crippen LogP contribution in [-0.2, 0) is 17.6 Å². The maximum Gasteiger partial charge on any atom is 0.224 e. The molecule has 3 N–H and O–H groups in total. The Bertz CT molecular complexity index is 349. The van der Waals surface area contributed by atoms with Crippen molar-refractivity contribution in [1.82, 2.24) is 5.32 Å². The summed E-state index contributed by atoms with van der Waals surface area (Å²) in [6, 6.07) is 8.26. The van der Waals surface area contributed by atoms with Crippen LogP contribution in [0.3, 0.4) is 0 Å². The minimum Gasteiger partial charge on any atom is -0.355 e. The highest BCUT2D eigenvalue weighted by molar-refractivity contribution is 5.85. The molecule has 0 spiro atoms. The number of hydrogen-bond donors (Lipinski definition) is 2. The quantitative estimate of drug-likeness (QED) is 0.830. The van der Waals surface area contributed by atoms with Gasteiger partial charge in [0, 0.05) is 13.1 Å². The molecule has 0 aliphatic heterocycles. The molecule has 0 saturated heterocycles. The van der Waals surface area contributed by atoms with Crippen LogP contribution in [-0.4, -0.2) is 19.0 Å². The lowest BCUT2D eigenvalue weighted by Gasteiger charge is -2.07. The van der Waals surface area contributed by atoms with Crippen LogP contribution < -0.4 is 11.1 Å². The molecule has 1 rings (SSSR count). The highest BCUT2D eigenvalue weighted by Gasteiger charge is 2.03. The molecular weight excluding hydrogens is 248 g/mol. The van der Waals surface area contributed by atoms with Crippen molar-refractivity contribution in [2.24, 2.45) is 11.7 Å². The highest BCUT2D eigenvalue weighted by atomic mass is 35.5. The summed E-state index contributed by atoms with van der Waals surface area (Å²) >= 11 is 0. The van der Waals surface area contributed by atoms with Gasteiger partial charge in [-0.05, 0) is 23.5 Å². The highest BCUT2D eigenvalue weighted by Crippen LogP contribution is 2.10. The molecule has 0 aromatic heterocycles. The monoisotopic (exact) mass is 270 g/mol. The number of carbonyl (C=O) groups is 1. The van der Waals surface area contributed by atoms with E-state index in [0.717, 1.165) is 12.0 Å². The summed E-state index contributed by atoms with van der Waals surface area (Å²) in [5.74, 6) is 0.695. The van der Waals surface area contributed by atoms with Gasteiger partial charge in [-0.1, -0.05) is 38.1 Å². The van der Waals surface area contributed by atoms with Crippen molar-refractivity contribution in [3.8, 4) is 0 Å². The molecule has 18 heavy (non-hydrogen) atoms. The summed E-state index contributed by atoms with van der Waals surface area (Å²) in [5.41, 5.74) is 7.69. The van der Waals surface area contributed by atoms with E-state index in [1.54, 1.807) is 0 Å². The van der Waals surface area contributed by atoms with E-state index in [1.165, 1.54) is 5.56 Å².